The van der Waals surface area contributed by atoms with Gasteiger partial charge in [-0.1, -0.05) is 42.1 Å². The van der Waals surface area contributed by atoms with Gasteiger partial charge in [-0.05, 0) is 36.4 Å². The molecule has 0 bridgehead atoms. The van der Waals surface area contributed by atoms with Gasteiger partial charge in [0.05, 0.1) is 30.7 Å². The molecule has 8 nitrogen and oxygen atoms in total. The van der Waals surface area contributed by atoms with E-state index in [1.807, 2.05) is 30.3 Å². The lowest BCUT2D eigenvalue weighted by atomic mass is 10.2. The summed E-state index contributed by atoms with van der Waals surface area (Å²) in [5, 5.41) is 14.0. The maximum absolute atomic E-state index is 14.4. The molecule has 0 aliphatic carbocycles. The van der Waals surface area contributed by atoms with Crippen LogP contribution in [0.1, 0.15) is 5.76 Å². The minimum absolute atomic E-state index is 0.00764. The van der Waals surface area contributed by atoms with E-state index in [1.165, 1.54) is 12.3 Å². The number of hydrogen-bond donors (Lipinski definition) is 2. The number of nitrogens with zero attached hydrogens (tertiary/aromatic N) is 3. The SMILES string of the molecule is O=C(CNC(=O)CSc1nnc(-c2ccccc2F)n1-c1ccccc1)NCc1ccco1. The molecule has 168 valence electrons. The number of thioether (sulfide) groups is 1. The van der Waals surface area contributed by atoms with E-state index >= 15 is 0 Å². The first-order valence-electron chi connectivity index (χ1n) is 10.1. The van der Waals surface area contributed by atoms with Crippen LogP contribution in [0.4, 0.5) is 4.39 Å². The molecule has 4 rings (SSSR count). The minimum atomic E-state index is -0.420. The van der Waals surface area contributed by atoms with Crippen molar-refractivity contribution in [1.82, 2.24) is 25.4 Å². The van der Waals surface area contributed by atoms with E-state index in [-0.39, 0.29) is 30.7 Å². The zero-order chi connectivity index (χ0) is 23.0. The smallest absolute Gasteiger partial charge is 0.239 e. The lowest BCUT2D eigenvalue weighted by molar-refractivity contribution is -0.124. The Morgan fingerprint density at radius 1 is 0.939 bits per heavy atom. The van der Waals surface area contributed by atoms with Crippen LogP contribution in [-0.2, 0) is 16.1 Å². The summed E-state index contributed by atoms with van der Waals surface area (Å²) >= 11 is 1.14. The van der Waals surface area contributed by atoms with Gasteiger partial charge >= 0.3 is 0 Å². The van der Waals surface area contributed by atoms with Crippen molar-refractivity contribution in [2.75, 3.05) is 12.3 Å². The average Bonchev–Trinajstić information content (AvgIpc) is 3.51. The van der Waals surface area contributed by atoms with Gasteiger partial charge < -0.3 is 15.1 Å². The van der Waals surface area contributed by atoms with Gasteiger partial charge in [0.15, 0.2) is 11.0 Å². The van der Waals surface area contributed by atoms with Gasteiger partial charge in [-0.2, -0.15) is 0 Å². The standard InChI is InChI=1S/C23H20FN5O3S/c24-19-11-5-4-10-18(19)22-27-28-23(29(22)16-7-2-1-3-8-16)33-15-21(31)26-14-20(30)25-13-17-9-6-12-32-17/h1-12H,13-15H2,(H,25,30)(H,26,31). The Morgan fingerprint density at radius 2 is 1.73 bits per heavy atom. The molecule has 0 radical (unpaired) electrons. The van der Waals surface area contributed by atoms with Gasteiger partial charge in [0.1, 0.15) is 11.6 Å². The van der Waals surface area contributed by atoms with Crippen molar-refractivity contribution < 1.29 is 18.4 Å². The molecule has 10 heteroatoms. The summed E-state index contributed by atoms with van der Waals surface area (Å²) in [4.78, 5) is 24.2. The second-order valence-electron chi connectivity index (χ2n) is 6.88. The second kappa shape index (κ2) is 10.6. The van der Waals surface area contributed by atoms with Crippen molar-refractivity contribution in [3.05, 3.63) is 84.6 Å². The summed E-state index contributed by atoms with van der Waals surface area (Å²) in [5.74, 6) is -0.136. The number of halogens is 1. The molecule has 4 aromatic rings. The highest BCUT2D eigenvalue weighted by Crippen LogP contribution is 2.29. The van der Waals surface area contributed by atoms with Crippen LogP contribution in [0.2, 0.25) is 0 Å². The number of hydrogen-bond acceptors (Lipinski definition) is 6. The van der Waals surface area contributed by atoms with Crippen LogP contribution in [0.15, 0.2) is 82.6 Å². The third-order valence-electron chi connectivity index (χ3n) is 4.58. The zero-order valence-electron chi connectivity index (χ0n) is 17.4. The fourth-order valence-electron chi connectivity index (χ4n) is 3.01. The molecule has 2 aromatic carbocycles. The maximum atomic E-state index is 14.4. The summed E-state index contributed by atoms with van der Waals surface area (Å²) in [5.41, 5.74) is 1.04. The molecule has 0 aliphatic rings. The first-order chi connectivity index (χ1) is 16.1. The lowest BCUT2D eigenvalue weighted by Gasteiger charge is -2.11. The van der Waals surface area contributed by atoms with Crippen LogP contribution < -0.4 is 10.6 Å². The highest BCUT2D eigenvalue weighted by atomic mass is 32.2. The summed E-state index contributed by atoms with van der Waals surface area (Å²) < 4.78 is 21.3. The molecule has 0 aliphatic heterocycles. The van der Waals surface area contributed by atoms with Crippen molar-refractivity contribution in [3.63, 3.8) is 0 Å². The maximum Gasteiger partial charge on any atom is 0.239 e. The topological polar surface area (TPSA) is 102 Å². The predicted octanol–water partition coefficient (Wildman–Crippen LogP) is 3.19. The predicted molar refractivity (Wildman–Crippen MR) is 121 cm³/mol. The Hall–Kier alpha value is -3.92. The van der Waals surface area contributed by atoms with Crippen molar-refractivity contribution in [2.45, 2.75) is 11.7 Å². The molecule has 2 N–H and O–H groups in total. The normalized spacial score (nSPS) is 10.7. The number of aromatic nitrogens is 3. The Morgan fingerprint density at radius 3 is 2.48 bits per heavy atom. The molecular weight excluding hydrogens is 445 g/mol. The van der Waals surface area contributed by atoms with Gasteiger partial charge in [-0.3, -0.25) is 14.2 Å². The van der Waals surface area contributed by atoms with Crippen LogP contribution in [-0.4, -0.2) is 38.9 Å². The van der Waals surface area contributed by atoms with Gasteiger partial charge in [-0.25, -0.2) is 4.39 Å². The number of nitrogens with one attached hydrogen (secondary N) is 2. The van der Waals surface area contributed by atoms with Crippen LogP contribution in [0, 0.1) is 5.82 Å². The lowest BCUT2D eigenvalue weighted by Crippen LogP contribution is -2.37. The average molecular weight is 466 g/mol. The molecular formula is C23H20FN5O3S. The van der Waals surface area contributed by atoms with Crippen LogP contribution >= 0.6 is 11.8 Å². The summed E-state index contributed by atoms with van der Waals surface area (Å²) in [7, 11) is 0. The van der Waals surface area contributed by atoms with E-state index < -0.39 is 5.82 Å². The molecule has 0 unspecified atom stereocenters. The highest BCUT2D eigenvalue weighted by molar-refractivity contribution is 7.99. The zero-order valence-corrected chi connectivity index (χ0v) is 18.2. The number of para-hydroxylation sites is 1. The highest BCUT2D eigenvalue weighted by Gasteiger charge is 2.19. The van der Waals surface area contributed by atoms with Crippen molar-refractivity contribution >= 4 is 23.6 Å². The Labute approximate surface area is 193 Å². The van der Waals surface area contributed by atoms with E-state index in [4.69, 9.17) is 4.42 Å². The first kappa shape index (κ1) is 22.3. The Kier molecular flexibility index (Phi) is 7.16. The Bertz CT molecular complexity index is 1230. The molecule has 33 heavy (non-hydrogen) atoms. The van der Waals surface area contributed by atoms with Crippen LogP contribution in [0.3, 0.4) is 0 Å². The van der Waals surface area contributed by atoms with E-state index in [0.29, 0.717) is 22.3 Å². The first-order valence-corrected chi connectivity index (χ1v) is 11.0. The number of carbonyl (C=O) groups is 2. The molecule has 0 saturated heterocycles. The van der Waals surface area contributed by atoms with Crippen molar-refractivity contribution in [3.8, 4) is 17.1 Å². The molecule has 0 spiro atoms. The summed E-state index contributed by atoms with van der Waals surface area (Å²) in [6.07, 6.45) is 1.52. The van der Waals surface area contributed by atoms with Crippen LogP contribution in [0.25, 0.3) is 17.1 Å². The molecule has 2 heterocycles. The number of carbonyl (C=O) groups excluding carboxylic acids is 2. The molecule has 0 saturated carbocycles. The number of furan rings is 1. The second-order valence-corrected chi connectivity index (χ2v) is 7.82. The van der Waals surface area contributed by atoms with Gasteiger partial charge in [-0.15, -0.1) is 10.2 Å². The largest absolute Gasteiger partial charge is 0.467 e. The third kappa shape index (κ3) is 5.66. The van der Waals surface area contributed by atoms with E-state index in [0.717, 1.165) is 17.4 Å². The summed E-state index contributed by atoms with van der Waals surface area (Å²) in [6, 6.07) is 19.0. The quantitative estimate of drug-likeness (QED) is 0.368. The van der Waals surface area contributed by atoms with E-state index in [1.54, 1.807) is 34.9 Å². The van der Waals surface area contributed by atoms with Crippen molar-refractivity contribution in [1.29, 1.82) is 0 Å². The van der Waals surface area contributed by atoms with Gasteiger partial charge in [0.25, 0.3) is 0 Å². The molecule has 2 amide bonds. The number of benzene rings is 2. The van der Waals surface area contributed by atoms with E-state index in [9.17, 15) is 14.0 Å². The summed E-state index contributed by atoms with van der Waals surface area (Å²) in [6.45, 7) is 0.0847. The van der Waals surface area contributed by atoms with Gasteiger partial charge in [0.2, 0.25) is 11.8 Å². The van der Waals surface area contributed by atoms with Gasteiger partial charge in [0, 0.05) is 5.69 Å². The monoisotopic (exact) mass is 465 g/mol. The number of amides is 2. The minimum Gasteiger partial charge on any atom is -0.467 e. The molecule has 0 atom stereocenters. The number of rotatable bonds is 9. The van der Waals surface area contributed by atoms with Crippen LogP contribution in [0.5, 0.6) is 0 Å². The van der Waals surface area contributed by atoms with E-state index in [2.05, 4.69) is 20.8 Å². The Balaban J connectivity index is 1.41. The van der Waals surface area contributed by atoms with Crippen molar-refractivity contribution in [2.24, 2.45) is 0 Å². The fourth-order valence-corrected chi connectivity index (χ4v) is 3.79. The molecule has 0 fully saturated rings. The fraction of sp³-hybridized carbons (Fsp3) is 0.130. The molecule has 2 aromatic heterocycles. The third-order valence-corrected chi connectivity index (χ3v) is 5.51.